The first-order valence-corrected chi connectivity index (χ1v) is 10.5. The van der Waals surface area contributed by atoms with Gasteiger partial charge in [0.25, 0.3) is 0 Å². The Morgan fingerprint density at radius 1 is 1.03 bits per heavy atom. The van der Waals surface area contributed by atoms with Crippen molar-refractivity contribution >= 4 is 28.5 Å². The summed E-state index contributed by atoms with van der Waals surface area (Å²) in [7, 11) is 0. The van der Waals surface area contributed by atoms with Crippen LogP contribution in [0.3, 0.4) is 0 Å². The highest BCUT2D eigenvalue weighted by molar-refractivity contribution is 5.91. The Morgan fingerprint density at radius 2 is 1.72 bits per heavy atom. The van der Waals surface area contributed by atoms with Crippen molar-refractivity contribution < 1.29 is 24.5 Å². The second kappa shape index (κ2) is 10.5. The molecule has 2 atom stereocenters. The van der Waals surface area contributed by atoms with Crippen LogP contribution in [0.15, 0.2) is 72.8 Å². The minimum absolute atomic E-state index is 0.106. The number of aromatic hydroxyl groups is 1. The Balaban J connectivity index is 1.87. The summed E-state index contributed by atoms with van der Waals surface area (Å²) in [5.74, 6) is -0.943. The SMILES string of the molecule is Cc1ccc(NC(=O)O[C@@H](c2ccc(O)c3ccccc23)[C@@H](C)CC/C=C/C(=O)O)cc1. The number of ether oxygens (including phenoxy) is 1. The maximum absolute atomic E-state index is 12.7. The van der Waals surface area contributed by atoms with Crippen molar-refractivity contribution in [2.24, 2.45) is 5.92 Å². The van der Waals surface area contributed by atoms with Gasteiger partial charge in [0.2, 0.25) is 0 Å². The van der Waals surface area contributed by atoms with Gasteiger partial charge in [-0.1, -0.05) is 61.0 Å². The van der Waals surface area contributed by atoms with E-state index in [0.717, 1.165) is 22.6 Å². The van der Waals surface area contributed by atoms with Crippen molar-refractivity contribution in [3.8, 4) is 5.75 Å². The fourth-order valence-electron chi connectivity index (χ4n) is 3.63. The van der Waals surface area contributed by atoms with Crippen molar-refractivity contribution in [1.82, 2.24) is 0 Å². The van der Waals surface area contributed by atoms with E-state index in [0.29, 0.717) is 23.9 Å². The zero-order valence-electron chi connectivity index (χ0n) is 18.1. The number of hydrogen-bond donors (Lipinski definition) is 3. The van der Waals surface area contributed by atoms with E-state index in [4.69, 9.17) is 9.84 Å². The number of amides is 1. The lowest BCUT2D eigenvalue weighted by atomic mass is 9.89. The summed E-state index contributed by atoms with van der Waals surface area (Å²) < 4.78 is 5.89. The Kier molecular flexibility index (Phi) is 7.49. The smallest absolute Gasteiger partial charge is 0.412 e. The van der Waals surface area contributed by atoms with Gasteiger partial charge in [0.15, 0.2) is 0 Å². The number of carbonyl (C=O) groups is 2. The van der Waals surface area contributed by atoms with Crippen molar-refractivity contribution in [1.29, 1.82) is 0 Å². The van der Waals surface area contributed by atoms with Gasteiger partial charge in [0, 0.05) is 22.7 Å². The second-order valence-corrected chi connectivity index (χ2v) is 7.83. The number of phenols is 1. The molecule has 0 aliphatic carbocycles. The molecule has 3 rings (SSSR count). The lowest BCUT2D eigenvalue weighted by Gasteiger charge is -2.26. The van der Waals surface area contributed by atoms with Crippen LogP contribution in [0.25, 0.3) is 10.8 Å². The highest BCUT2D eigenvalue weighted by Crippen LogP contribution is 2.37. The van der Waals surface area contributed by atoms with Crippen molar-refractivity contribution in [2.75, 3.05) is 5.32 Å². The average Bonchev–Trinajstić information content (AvgIpc) is 2.77. The van der Waals surface area contributed by atoms with Crippen LogP contribution in [-0.4, -0.2) is 22.3 Å². The highest BCUT2D eigenvalue weighted by Gasteiger charge is 2.26. The minimum Gasteiger partial charge on any atom is -0.507 e. The Labute approximate surface area is 187 Å². The standard InChI is InChI=1S/C26H27NO5/c1-17-11-13-19(14-12-17)27-26(31)32-25(18(2)7-3-6-10-24(29)30)22-15-16-23(28)21-9-5-4-8-20(21)22/h4-6,8-16,18,25,28H,3,7H2,1-2H3,(H,27,31)(H,29,30)/b10-6+/t18-,25+/m0/s1. The number of rotatable bonds is 8. The van der Waals surface area contributed by atoms with Crippen LogP contribution in [0.2, 0.25) is 0 Å². The molecule has 3 aromatic rings. The summed E-state index contributed by atoms with van der Waals surface area (Å²) in [5, 5.41) is 23.3. The van der Waals surface area contributed by atoms with Crippen molar-refractivity contribution in [2.45, 2.75) is 32.8 Å². The van der Waals surface area contributed by atoms with Crippen LogP contribution in [0.4, 0.5) is 10.5 Å². The quantitative estimate of drug-likeness (QED) is 0.368. The third kappa shape index (κ3) is 5.88. The molecule has 0 unspecified atom stereocenters. The van der Waals surface area contributed by atoms with Gasteiger partial charge < -0.3 is 14.9 Å². The zero-order chi connectivity index (χ0) is 23.1. The number of nitrogens with one attached hydrogen (secondary N) is 1. The average molecular weight is 434 g/mol. The summed E-state index contributed by atoms with van der Waals surface area (Å²) in [6.07, 6.45) is 2.68. The van der Waals surface area contributed by atoms with Gasteiger partial charge in [0.1, 0.15) is 11.9 Å². The van der Waals surface area contributed by atoms with E-state index in [-0.39, 0.29) is 11.7 Å². The summed E-state index contributed by atoms with van der Waals surface area (Å²) in [6, 6.07) is 18.2. The molecule has 32 heavy (non-hydrogen) atoms. The van der Waals surface area contributed by atoms with Crippen LogP contribution in [0.5, 0.6) is 5.75 Å². The Morgan fingerprint density at radius 3 is 2.41 bits per heavy atom. The van der Waals surface area contributed by atoms with E-state index >= 15 is 0 Å². The van der Waals surface area contributed by atoms with E-state index in [1.807, 2.05) is 62.4 Å². The van der Waals surface area contributed by atoms with Crippen LogP contribution in [0, 0.1) is 12.8 Å². The fraction of sp³-hybridized carbons (Fsp3) is 0.231. The fourth-order valence-corrected chi connectivity index (χ4v) is 3.63. The maximum atomic E-state index is 12.7. The van der Waals surface area contributed by atoms with Crippen LogP contribution >= 0.6 is 0 Å². The predicted molar refractivity (Wildman–Crippen MR) is 125 cm³/mol. The number of aryl methyl sites for hydroxylation is 1. The zero-order valence-corrected chi connectivity index (χ0v) is 18.1. The first-order chi connectivity index (χ1) is 15.3. The van der Waals surface area contributed by atoms with E-state index in [9.17, 15) is 14.7 Å². The number of carbonyl (C=O) groups excluding carboxylic acids is 1. The van der Waals surface area contributed by atoms with Gasteiger partial charge in [-0.3, -0.25) is 5.32 Å². The molecule has 0 radical (unpaired) electrons. The molecule has 0 spiro atoms. The Bertz CT molecular complexity index is 1120. The number of anilines is 1. The molecule has 0 heterocycles. The van der Waals surface area contributed by atoms with Crippen LogP contribution < -0.4 is 5.32 Å². The largest absolute Gasteiger partial charge is 0.507 e. The maximum Gasteiger partial charge on any atom is 0.412 e. The van der Waals surface area contributed by atoms with Gasteiger partial charge in [-0.15, -0.1) is 0 Å². The van der Waals surface area contributed by atoms with E-state index in [1.54, 1.807) is 18.2 Å². The number of fused-ring (bicyclic) bond motifs is 1. The third-order valence-corrected chi connectivity index (χ3v) is 5.34. The number of carboxylic acid groups (broad SMARTS) is 1. The van der Waals surface area contributed by atoms with Gasteiger partial charge in [-0.2, -0.15) is 0 Å². The van der Waals surface area contributed by atoms with E-state index < -0.39 is 18.2 Å². The molecule has 0 aliphatic heterocycles. The molecule has 0 aliphatic rings. The van der Waals surface area contributed by atoms with Gasteiger partial charge in [-0.25, -0.2) is 9.59 Å². The molecule has 3 aromatic carbocycles. The number of aliphatic carboxylic acids is 1. The number of carboxylic acids is 1. The number of hydrogen-bond acceptors (Lipinski definition) is 4. The topological polar surface area (TPSA) is 95.9 Å². The molecular formula is C26H27NO5. The predicted octanol–water partition coefficient (Wildman–Crippen LogP) is 6.20. The number of phenolic OH excluding ortho intramolecular Hbond substituents is 1. The molecule has 0 saturated heterocycles. The molecule has 6 heteroatoms. The molecule has 6 nitrogen and oxygen atoms in total. The lowest BCUT2D eigenvalue weighted by molar-refractivity contribution is -0.131. The van der Waals surface area contributed by atoms with E-state index in [1.165, 1.54) is 0 Å². The van der Waals surface area contributed by atoms with E-state index in [2.05, 4.69) is 5.32 Å². The molecule has 0 saturated carbocycles. The van der Waals surface area contributed by atoms with Gasteiger partial charge in [-0.05, 0) is 49.3 Å². The number of benzene rings is 3. The van der Waals surface area contributed by atoms with Crippen LogP contribution in [-0.2, 0) is 9.53 Å². The second-order valence-electron chi connectivity index (χ2n) is 7.83. The van der Waals surface area contributed by atoms with Crippen LogP contribution in [0.1, 0.15) is 37.0 Å². The Hall–Kier alpha value is -3.80. The minimum atomic E-state index is -0.993. The number of allylic oxidation sites excluding steroid dienone is 1. The monoisotopic (exact) mass is 433 g/mol. The summed E-state index contributed by atoms with van der Waals surface area (Å²) >= 11 is 0. The molecular weight excluding hydrogens is 406 g/mol. The molecule has 0 bridgehead atoms. The summed E-state index contributed by atoms with van der Waals surface area (Å²) in [4.78, 5) is 23.5. The van der Waals surface area contributed by atoms with Gasteiger partial charge in [0.05, 0.1) is 0 Å². The molecule has 3 N–H and O–H groups in total. The van der Waals surface area contributed by atoms with Crippen molar-refractivity contribution in [3.05, 3.63) is 83.9 Å². The first kappa shape index (κ1) is 22.9. The normalized spacial score (nSPS) is 13.1. The molecule has 1 amide bonds. The van der Waals surface area contributed by atoms with Gasteiger partial charge >= 0.3 is 12.1 Å². The molecule has 0 aromatic heterocycles. The van der Waals surface area contributed by atoms with Crippen molar-refractivity contribution in [3.63, 3.8) is 0 Å². The third-order valence-electron chi connectivity index (χ3n) is 5.34. The molecule has 166 valence electrons. The highest BCUT2D eigenvalue weighted by atomic mass is 16.6. The first-order valence-electron chi connectivity index (χ1n) is 10.5. The summed E-state index contributed by atoms with van der Waals surface area (Å²) in [5.41, 5.74) is 2.50. The molecule has 0 fully saturated rings. The lowest BCUT2D eigenvalue weighted by Crippen LogP contribution is -2.22. The summed E-state index contributed by atoms with van der Waals surface area (Å²) in [6.45, 7) is 3.93.